The summed E-state index contributed by atoms with van der Waals surface area (Å²) in [5, 5.41) is -0.434. The summed E-state index contributed by atoms with van der Waals surface area (Å²) in [5.41, 5.74) is 7.22. The molecule has 0 aromatic heterocycles. The first-order chi connectivity index (χ1) is 9.32. The number of sulfone groups is 1. The third-order valence-corrected chi connectivity index (χ3v) is 6.65. The molecule has 1 aromatic rings. The second-order valence-corrected chi connectivity index (χ2v) is 8.56. The highest BCUT2D eigenvalue weighted by molar-refractivity contribution is 7.92. The van der Waals surface area contributed by atoms with Crippen LogP contribution in [0.15, 0.2) is 29.2 Å². The van der Waals surface area contributed by atoms with Gasteiger partial charge in [-0.15, -0.1) is 0 Å². The van der Waals surface area contributed by atoms with E-state index in [1.54, 1.807) is 12.1 Å². The summed E-state index contributed by atoms with van der Waals surface area (Å²) in [6, 6.07) is 7.05. The van der Waals surface area contributed by atoms with Crippen LogP contribution in [0.5, 0.6) is 0 Å². The van der Waals surface area contributed by atoms with Crippen molar-refractivity contribution in [3.05, 3.63) is 29.8 Å². The molecule has 1 aliphatic carbocycles. The Hall–Kier alpha value is -0.870. The molecule has 3 atom stereocenters. The van der Waals surface area contributed by atoms with Crippen LogP contribution < -0.4 is 5.73 Å². The van der Waals surface area contributed by atoms with E-state index in [2.05, 4.69) is 20.8 Å². The molecule has 1 aliphatic rings. The molecule has 0 saturated heterocycles. The van der Waals surface area contributed by atoms with Gasteiger partial charge in [-0.3, -0.25) is 0 Å². The molecule has 3 nitrogen and oxygen atoms in total. The zero-order valence-electron chi connectivity index (χ0n) is 12.5. The van der Waals surface area contributed by atoms with Gasteiger partial charge in [0.05, 0.1) is 10.1 Å². The first-order valence-electron chi connectivity index (χ1n) is 7.41. The fraction of sp³-hybridized carbons (Fsp3) is 0.625. The minimum atomic E-state index is -3.31. The predicted octanol–water partition coefficient (Wildman–Crippen LogP) is 3.10. The Balaban J connectivity index is 2.29. The second kappa shape index (κ2) is 5.86. The Labute approximate surface area is 122 Å². The third-order valence-electron chi connectivity index (χ3n) is 4.38. The zero-order chi connectivity index (χ0) is 14.9. The molecule has 2 N–H and O–H groups in total. The lowest BCUT2D eigenvalue weighted by molar-refractivity contribution is 0.346. The summed E-state index contributed by atoms with van der Waals surface area (Å²) in [4.78, 5) is 0.413. The van der Waals surface area contributed by atoms with E-state index < -0.39 is 15.1 Å². The van der Waals surface area contributed by atoms with Gasteiger partial charge in [-0.05, 0) is 48.8 Å². The predicted molar refractivity (Wildman–Crippen MR) is 82.5 cm³/mol. The molecule has 0 spiro atoms. The molecule has 0 radical (unpaired) electrons. The van der Waals surface area contributed by atoms with Crippen LogP contribution in [0.25, 0.3) is 0 Å². The summed E-state index contributed by atoms with van der Waals surface area (Å²) < 4.78 is 25.5. The molecule has 20 heavy (non-hydrogen) atoms. The van der Waals surface area contributed by atoms with Crippen molar-refractivity contribution in [2.75, 3.05) is 0 Å². The molecule has 0 aliphatic heterocycles. The number of benzene rings is 1. The van der Waals surface area contributed by atoms with Crippen molar-refractivity contribution in [1.82, 2.24) is 0 Å². The summed E-state index contributed by atoms with van der Waals surface area (Å²) >= 11 is 0. The highest BCUT2D eigenvalue weighted by Crippen LogP contribution is 2.31. The third kappa shape index (κ3) is 3.07. The minimum Gasteiger partial charge on any atom is -0.327 e. The van der Waals surface area contributed by atoms with Gasteiger partial charge in [0.15, 0.2) is 9.84 Å². The lowest BCUT2D eigenvalue weighted by Gasteiger charge is -2.32. The summed E-state index contributed by atoms with van der Waals surface area (Å²) in [6.45, 7) is 6.31. The Morgan fingerprint density at radius 3 is 2.30 bits per heavy atom. The number of hydrogen-bond donors (Lipinski definition) is 1. The van der Waals surface area contributed by atoms with Gasteiger partial charge in [0.1, 0.15) is 0 Å². The number of rotatable bonds is 3. The first-order valence-corrected chi connectivity index (χ1v) is 8.96. The topological polar surface area (TPSA) is 60.2 Å². The van der Waals surface area contributed by atoms with Crippen LogP contribution in [-0.4, -0.2) is 19.7 Å². The van der Waals surface area contributed by atoms with Crippen molar-refractivity contribution in [3.8, 4) is 0 Å². The Morgan fingerprint density at radius 2 is 1.75 bits per heavy atom. The van der Waals surface area contributed by atoms with Gasteiger partial charge < -0.3 is 5.73 Å². The van der Waals surface area contributed by atoms with E-state index in [9.17, 15) is 8.42 Å². The van der Waals surface area contributed by atoms with E-state index in [0.717, 1.165) is 18.4 Å². The highest BCUT2D eigenvalue weighted by Gasteiger charge is 2.36. The van der Waals surface area contributed by atoms with Crippen LogP contribution in [0.2, 0.25) is 0 Å². The fourth-order valence-corrected chi connectivity index (χ4v) is 4.97. The van der Waals surface area contributed by atoms with Crippen molar-refractivity contribution in [1.29, 1.82) is 0 Å². The van der Waals surface area contributed by atoms with E-state index in [1.807, 2.05) is 12.1 Å². The molecule has 3 unspecified atom stereocenters. The fourth-order valence-electron chi connectivity index (χ4n) is 2.93. The maximum absolute atomic E-state index is 12.7. The van der Waals surface area contributed by atoms with E-state index >= 15 is 0 Å². The van der Waals surface area contributed by atoms with E-state index in [4.69, 9.17) is 5.73 Å². The number of nitrogens with two attached hydrogens (primary N) is 1. The van der Waals surface area contributed by atoms with Crippen LogP contribution in [0.3, 0.4) is 0 Å². The molecule has 0 bridgehead atoms. The Morgan fingerprint density at radius 1 is 1.15 bits per heavy atom. The van der Waals surface area contributed by atoms with Gasteiger partial charge in [-0.2, -0.15) is 0 Å². The highest BCUT2D eigenvalue weighted by atomic mass is 32.2. The zero-order valence-corrected chi connectivity index (χ0v) is 13.4. The van der Waals surface area contributed by atoms with Crippen LogP contribution in [0.4, 0.5) is 0 Å². The molecule has 0 amide bonds. The average molecular weight is 295 g/mol. The Bertz CT molecular complexity index is 548. The number of hydrogen-bond acceptors (Lipinski definition) is 3. The van der Waals surface area contributed by atoms with Crippen LogP contribution in [-0.2, 0) is 9.84 Å². The molecular formula is C16H25NO2S. The monoisotopic (exact) mass is 295 g/mol. The first kappa shape index (κ1) is 15.5. The maximum atomic E-state index is 12.7. The molecular weight excluding hydrogens is 270 g/mol. The van der Waals surface area contributed by atoms with E-state index in [0.29, 0.717) is 23.2 Å². The lowest BCUT2D eigenvalue weighted by Crippen LogP contribution is -2.44. The smallest absolute Gasteiger partial charge is 0.182 e. The van der Waals surface area contributed by atoms with Crippen molar-refractivity contribution >= 4 is 9.84 Å². The minimum absolute atomic E-state index is 0.235. The average Bonchev–Trinajstić information content (AvgIpc) is 2.41. The molecule has 1 fully saturated rings. The molecule has 0 heterocycles. The van der Waals surface area contributed by atoms with Crippen molar-refractivity contribution in [2.45, 2.75) is 62.1 Å². The van der Waals surface area contributed by atoms with Gasteiger partial charge in [0, 0.05) is 6.04 Å². The van der Waals surface area contributed by atoms with Gasteiger partial charge in [0.25, 0.3) is 0 Å². The van der Waals surface area contributed by atoms with E-state index in [1.165, 1.54) is 0 Å². The Kier molecular flexibility index (Phi) is 4.55. The second-order valence-electron chi connectivity index (χ2n) is 6.39. The van der Waals surface area contributed by atoms with Crippen LogP contribution in [0.1, 0.15) is 51.5 Å². The van der Waals surface area contributed by atoms with Crippen molar-refractivity contribution in [2.24, 2.45) is 11.7 Å². The standard InChI is InChI=1S/C16H25NO2S/c1-11(2)13-5-7-14(8-6-13)20(18,19)16-10-12(3)4-9-15(16)17/h5-8,11-12,15-16H,4,9-10,17H2,1-3H3. The summed E-state index contributed by atoms with van der Waals surface area (Å²) in [7, 11) is -3.31. The maximum Gasteiger partial charge on any atom is 0.182 e. The molecule has 1 saturated carbocycles. The van der Waals surface area contributed by atoms with Gasteiger partial charge in [0.2, 0.25) is 0 Å². The van der Waals surface area contributed by atoms with Crippen LogP contribution >= 0.6 is 0 Å². The molecule has 1 aromatic carbocycles. The van der Waals surface area contributed by atoms with Gasteiger partial charge in [-0.1, -0.05) is 32.9 Å². The van der Waals surface area contributed by atoms with E-state index in [-0.39, 0.29) is 6.04 Å². The SMILES string of the molecule is CC1CCC(N)C(S(=O)(=O)c2ccc(C(C)C)cc2)C1. The molecule has 2 rings (SSSR count). The van der Waals surface area contributed by atoms with Gasteiger partial charge in [-0.25, -0.2) is 8.42 Å². The quantitative estimate of drug-likeness (QED) is 0.932. The van der Waals surface area contributed by atoms with Gasteiger partial charge >= 0.3 is 0 Å². The largest absolute Gasteiger partial charge is 0.327 e. The van der Waals surface area contributed by atoms with Crippen molar-refractivity contribution in [3.63, 3.8) is 0 Å². The van der Waals surface area contributed by atoms with Crippen LogP contribution in [0, 0.1) is 5.92 Å². The summed E-state index contributed by atoms with van der Waals surface area (Å²) in [5.74, 6) is 0.841. The normalized spacial score (nSPS) is 27.8. The van der Waals surface area contributed by atoms with Crippen molar-refractivity contribution < 1.29 is 8.42 Å². The lowest BCUT2D eigenvalue weighted by atomic mass is 9.87. The molecule has 112 valence electrons. The summed E-state index contributed by atoms with van der Waals surface area (Å²) in [6.07, 6.45) is 2.50. The molecule has 4 heteroatoms.